The number of benzene rings is 1. The minimum Gasteiger partial charge on any atom is -0.507 e. The van der Waals surface area contributed by atoms with Gasteiger partial charge in [0.25, 0.3) is 0 Å². The van der Waals surface area contributed by atoms with Crippen molar-refractivity contribution >= 4 is 9.84 Å². The lowest BCUT2D eigenvalue weighted by Crippen LogP contribution is -2.14. The molecule has 3 nitrogen and oxygen atoms in total. The van der Waals surface area contributed by atoms with Gasteiger partial charge >= 0.3 is 0 Å². The van der Waals surface area contributed by atoms with Crippen LogP contribution in [0.5, 0.6) is 5.75 Å². The molecular weight excluding hydrogens is 248 g/mol. The van der Waals surface area contributed by atoms with E-state index in [1.807, 2.05) is 26.0 Å². The van der Waals surface area contributed by atoms with Crippen LogP contribution in [0.25, 0.3) is 0 Å². The smallest absolute Gasteiger partial charge is 0.154 e. The molecule has 1 aliphatic rings. The van der Waals surface area contributed by atoms with Crippen LogP contribution < -0.4 is 0 Å². The second kappa shape index (κ2) is 4.57. The van der Waals surface area contributed by atoms with E-state index in [-0.39, 0.29) is 17.6 Å². The van der Waals surface area contributed by atoms with Gasteiger partial charge in [0, 0.05) is 11.8 Å². The van der Waals surface area contributed by atoms with E-state index in [2.05, 4.69) is 0 Å². The zero-order valence-electron chi connectivity index (χ0n) is 11.1. The Morgan fingerprint density at radius 3 is 2.22 bits per heavy atom. The lowest BCUT2D eigenvalue weighted by Gasteiger charge is -2.19. The van der Waals surface area contributed by atoms with Gasteiger partial charge in [0.15, 0.2) is 9.84 Å². The predicted octanol–water partition coefficient (Wildman–Crippen LogP) is 3.01. The first kappa shape index (κ1) is 13.4. The molecule has 0 aromatic heterocycles. The minimum absolute atomic E-state index is 0.162. The molecule has 0 bridgehead atoms. The quantitative estimate of drug-likeness (QED) is 0.913. The summed E-state index contributed by atoms with van der Waals surface area (Å²) in [7, 11) is -3.18. The number of hydrogen-bond acceptors (Lipinski definition) is 3. The summed E-state index contributed by atoms with van der Waals surface area (Å²) in [5, 5.41) is 9.76. The number of phenolic OH excluding ortho intramolecular Hbond substituents is 1. The molecule has 2 rings (SSSR count). The number of para-hydroxylation sites is 1. The van der Waals surface area contributed by atoms with Crippen molar-refractivity contribution < 1.29 is 13.5 Å². The Kier molecular flexibility index (Phi) is 3.41. The van der Waals surface area contributed by atoms with E-state index in [1.54, 1.807) is 6.07 Å². The minimum atomic E-state index is -3.18. The molecule has 0 spiro atoms. The Bertz CT molecular complexity index is 542. The van der Waals surface area contributed by atoms with Crippen molar-refractivity contribution in [3.63, 3.8) is 0 Å². The fourth-order valence-corrected chi connectivity index (χ4v) is 4.13. The summed E-state index contributed by atoms with van der Waals surface area (Å²) in [5.41, 5.74) is 1.40. The van der Waals surface area contributed by atoms with Gasteiger partial charge in [-0.15, -0.1) is 0 Å². The fraction of sp³-hybridized carbons (Fsp3) is 0.571. The standard InChI is InChI=1S/C14H20O3S/c1-9(2)11-5-4-6-12(13(11)15)14(10-7-8-10)18(3,16)17/h4-6,9-10,14-15H,7-8H2,1-3H3/t14-/m1/s1. The molecule has 1 aromatic rings. The van der Waals surface area contributed by atoms with Gasteiger partial charge in [-0.2, -0.15) is 0 Å². The fourth-order valence-electron chi connectivity index (χ4n) is 2.51. The number of hydrogen-bond donors (Lipinski definition) is 1. The summed E-state index contributed by atoms with van der Waals surface area (Å²) in [4.78, 5) is 0. The highest BCUT2D eigenvalue weighted by molar-refractivity contribution is 7.91. The van der Waals surface area contributed by atoms with Crippen molar-refractivity contribution in [1.82, 2.24) is 0 Å². The Balaban J connectivity index is 2.52. The van der Waals surface area contributed by atoms with Gasteiger partial charge in [0.05, 0.1) is 5.25 Å². The van der Waals surface area contributed by atoms with Crippen LogP contribution in [0.15, 0.2) is 18.2 Å². The Morgan fingerprint density at radius 2 is 1.78 bits per heavy atom. The molecule has 1 saturated carbocycles. The van der Waals surface area contributed by atoms with Gasteiger partial charge in [-0.25, -0.2) is 8.42 Å². The third-order valence-electron chi connectivity index (χ3n) is 3.54. The molecule has 0 amide bonds. The first-order valence-electron chi connectivity index (χ1n) is 6.33. The van der Waals surface area contributed by atoms with E-state index < -0.39 is 15.1 Å². The molecule has 1 aliphatic carbocycles. The summed E-state index contributed by atoms with van der Waals surface area (Å²) < 4.78 is 23.9. The Labute approximate surface area is 109 Å². The summed E-state index contributed by atoms with van der Waals surface area (Å²) >= 11 is 0. The van der Waals surface area contributed by atoms with Crippen LogP contribution >= 0.6 is 0 Å². The van der Waals surface area contributed by atoms with Gasteiger partial charge in [-0.1, -0.05) is 32.0 Å². The summed E-state index contributed by atoms with van der Waals surface area (Å²) in [6.45, 7) is 3.98. The highest BCUT2D eigenvalue weighted by atomic mass is 32.2. The van der Waals surface area contributed by atoms with Crippen LogP contribution in [0.2, 0.25) is 0 Å². The molecule has 100 valence electrons. The maximum atomic E-state index is 11.9. The lowest BCUT2D eigenvalue weighted by molar-refractivity contribution is 0.453. The number of phenols is 1. The van der Waals surface area contributed by atoms with Gasteiger partial charge in [-0.05, 0) is 30.2 Å². The summed E-state index contributed by atoms with van der Waals surface area (Å²) in [5.74, 6) is 0.521. The second-order valence-corrected chi connectivity index (χ2v) is 7.69. The van der Waals surface area contributed by atoms with Crippen LogP contribution in [0.1, 0.15) is 49.0 Å². The van der Waals surface area contributed by atoms with E-state index in [9.17, 15) is 13.5 Å². The highest BCUT2D eigenvalue weighted by Gasteiger charge is 2.40. The van der Waals surface area contributed by atoms with Crippen LogP contribution in [-0.2, 0) is 9.84 Å². The Hall–Kier alpha value is -1.03. The normalized spacial score (nSPS) is 18.0. The molecule has 0 aliphatic heterocycles. The van der Waals surface area contributed by atoms with Crippen molar-refractivity contribution in [1.29, 1.82) is 0 Å². The third-order valence-corrected chi connectivity index (χ3v) is 5.10. The number of aromatic hydroxyl groups is 1. The molecule has 0 radical (unpaired) electrons. The topological polar surface area (TPSA) is 54.4 Å². The molecule has 0 unspecified atom stereocenters. The monoisotopic (exact) mass is 268 g/mol. The molecule has 1 N–H and O–H groups in total. The van der Waals surface area contributed by atoms with E-state index in [4.69, 9.17) is 0 Å². The van der Waals surface area contributed by atoms with Crippen LogP contribution in [0.3, 0.4) is 0 Å². The molecule has 4 heteroatoms. The van der Waals surface area contributed by atoms with Gasteiger partial charge < -0.3 is 5.11 Å². The molecule has 1 atom stereocenters. The average molecular weight is 268 g/mol. The van der Waals surface area contributed by atoms with Crippen molar-refractivity contribution in [3.05, 3.63) is 29.3 Å². The SMILES string of the molecule is CC(C)c1cccc([C@@H](C2CC2)S(C)(=O)=O)c1O. The van der Waals surface area contributed by atoms with Crippen LogP contribution in [0, 0.1) is 5.92 Å². The van der Waals surface area contributed by atoms with Gasteiger partial charge in [-0.3, -0.25) is 0 Å². The van der Waals surface area contributed by atoms with Crippen LogP contribution in [0.4, 0.5) is 0 Å². The van der Waals surface area contributed by atoms with E-state index in [0.29, 0.717) is 5.56 Å². The van der Waals surface area contributed by atoms with Gasteiger partial charge in [0.2, 0.25) is 0 Å². The molecule has 1 aromatic carbocycles. The molecule has 18 heavy (non-hydrogen) atoms. The maximum Gasteiger partial charge on any atom is 0.154 e. The average Bonchev–Trinajstić information content (AvgIpc) is 3.02. The first-order valence-corrected chi connectivity index (χ1v) is 8.28. The maximum absolute atomic E-state index is 11.9. The summed E-state index contributed by atoms with van der Waals surface area (Å²) in [6.07, 6.45) is 3.13. The van der Waals surface area contributed by atoms with Crippen LogP contribution in [-0.4, -0.2) is 19.8 Å². The first-order chi connectivity index (χ1) is 8.32. The molecule has 1 fully saturated rings. The van der Waals surface area contributed by atoms with Crippen molar-refractivity contribution in [2.45, 2.75) is 37.9 Å². The molecular formula is C14H20O3S. The van der Waals surface area contributed by atoms with Crippen molar-refractivity contribution in [3.8, 4) is 5.75 Å². The van der Waals surface area contributed by atoms with E-state index >= 15 is 0 Å². The highest BCUT2D eigenvalue weighted by Crippen LogP contribution is 2.48. The number of rotatable bonds is 4. The Morgan fingerprint density at radius 1 is 1.22 bits per heavy atom. The lowest BCUT2D eigenvalue weighted by atomic mass is 9.96. The van der Waals surface area contributed by atoms with E-state index in [1.165, 1.54) is 6.26 Å². The summed E-state index contributed by atoms with van der Waals surface area (Å²) in [6, 6.07) is 5.44. The van der Waals surface area contributed by atoms with Crippen molar-refractivity contribution in [2.24, 2.45) is 5.92 Å². The zero-order valence-corrected chi connectivity index (χ0v) is 11.9. The third kappa shape index (κ3) is 2.53. The molecule has 0 saturated heterocycles. The number of sulfone groups is 1. The largest absolute Gasteiger partial charge is 0.507 e. The molecule has 0 heterocycles. The van der Waals surface area contributed by atoms with E-state index in [0.717, 1.165) is 18.4 Å². The second-order valence-electron chi connectivity index (χ2n) is 5.53. The predicted molar refractivity (Wildman–Crippen MR) is 72.5 cm³/mol. The zero-order chi connectivity index (χ0) is 13.5. The van der Waals surface area contributed by atoms with Gasteiger partial charge in [0.1, 0.15) is 5.75 Å². The van der Waals surface area contributed by atoms with Crippen molar-refractivity contribution in [2.75, 3.05) is 6.26 Å².